The van der Waals surface area contributed by atoms with Crippen LogP contribution in [0, 0.1) is 11.3 Å². The van der Waals surface area contributed by atoms with E-state index in [1.807, 2.05) is 6.07 Å². The van der Waals surface area contributed by atoms with Gasteiger partial charge in [-0.05, 0) is 36.4 Å². The highest BCUT2D eigenvalue weighted by molar-refractivity contribution is 7.12. The fourth-order valence-electron chi connectivity index (χ4n) is 1.20. The lowest BCUT2D eigenvalue weighted by Gasteiger charge is -2.22. The molecular formula is C11H12N4O2S. The molecule has 0 spiro atoms. The number of nitriles is 1. The van der Waals surface area contributed by atoms with Crippen molar-refractivity contribution >= 4 is 17.3 Å². The third-order valence-corrected chi connectivity index (χ3v) is 2.98. The molecule has 18 heavy (non-hydrogen) atoms. The van der Waals surface area contributed by atoms with Gasteiger partial charge >= 0.3 is 5.97 Å². The summed E-state index contributed by atoms with van der Waals surface area (Å²) < 4.78 is 5.24. The minimum atomic E-state index is -0.845. The molecule has 1 rings (SSSR count). The van der Waals surface area contributed by atoms with Crippen LogP contribution in [0.5, 0.6) is 0 Å². The Morgan fingerprint density at radius 3 is 3.06 bits per heavy atom. The smallest absolute Gasteiger partial charge is 0.348 e. The standard InChI is InChI=1S/C11H12N4O2S/c1-11(2,7-14-15-13)17-10(16)9-5-8(3-4-12)6-18-9/h5-6H,3,7H2,1-2H3. The van der Waals surface area contributed by atoms with Gasteiger partial charge in [0.2, 0.25) is 0 Å². The zero-order chi connectivity index (χ0) is 13.6. The van der Waals surface area contributed by atoms with E-state index in [1.165, 1.54) is 11.3 Å². The van der Waals surface area contributed by atoms with Gasteiger partial charge < -0.3 is 4.74 Å². The molecule has 0 bridgehead atoms. The topological polar surface area (TPSA) is 98.8 Å². The summed E-state index contributed by atoms with van der Waals surface area (Å²) in [6, 6.07) is 3.65. The molecule has 0 aromatic carbocycles. The third-order valence-electron chi connectivity index (χ3n) is 2.02. The molecule has 0 saturated heterocycles. The number of azide groups is 1. The summed E-state index contributed by atoms with van der Waals surface area (Å²) >= 11 is 1.23. The van der Waals surface area contributed by atoms with E-state index < -0.39 is 11.6 Å². The van der Waals surface area contributed by atoms with Gasteiger partial charge in [0, 0.05) is 4.91 Å². The lowest BCUT2D eigenvalue weighted by molar-refractivity contribution is 0.00354. The Labute approximate surface area is 108 Å². The number of esters is 1. The molecule has 0 N–H and O–H groups in total. The number of ether oxygens (including phenoxy) is 1. The first-order valence-electron chi connectivity index (χ1n) is 5.17. The third kappa shape index (κ3) is 4.09. The number of rotatable bonds is 5. The van der Waals surface area contributed by atoms with Crippen molar-refractivity contribution in [2.24, 2.45) is 5.11 Å². The number of thiophene rings is 1. The summed E-state index contributed by atoms with van der Waals surface area (Å²) in [5.74, 6) is -0.470. The summed E-state index contributed by atoms with van der Waals surface area (Å²) in [5.41, 5.74) is 8.18. The van der Waals surface area contributed by atoms with E-state index >= 15 is 0 Å². The molecule has 0 amide bonds. The average Bonchev–Trinajstić information content (AvgIpc) is 2.75. The molecule has 1 heterocycles. The first kappa shape index (κ1) is 14.0. The molecule has 0 radical (unpaired) electrons. The van der Waals surface area contributed by atoms with E-state index in [4.69, 9.17) is 15.5 Å². The summed E-state index contributed by atoms with van der Waals surface area (Å²) in [6.07, 6.45) is 0.270. The quantitative estimate of drug-likeness (QED) is 0.353. The first-order valence-corrected chi connectivity index (χ1v) is 6.05. The predicted octanol–water partition coefficient (Wildman–Crippen LogP) is 3.06. The molecule has 1 aromatic heterocycles. The zero-order valence-electron chi connectivity index (χ0n) is 10.1. The normalized spacial score (nSPS) is 10.3. The largest absolute Gasteiger partial charge is 0.455 e. The second-order valence-corrected chi connectivity index (χ2v) is 5.10. The van der Waals surface area contributed by atoms with Crippen LogP contribution in [0.4, 0.5) is 0 Å². The van der Waals surface area contributed by atoms with Gasteiger partial charge in [-0.3, -0.25) is 0 Å². The maximum absolute atomic E-state index is 11.8. The molecule has 0 fully saturated rings. The number of hydrogen-bond acceptors (Lipinski definition) is 5. The molecule has 0 aliphatic rings. The Balaban J connectivity index is 2.69. The van der Waals surface area contributed by atoms with Gasteiger partial charge in [0.1, 0.15) is 10.5 Å². The fraction of sp³-hybridized carbons (Fsp3) is 0.455. The van der Waals surface area contributed by atoms with Crippen molar-refractivity contribution in [3.05, 3.63) is 32.3 Å². The molecule has 0 atom stereocenters. The van der Waals surface area contributed by atoms with Gasteiger partial charge in [-0.2, -0.15) is 5.26 Å². The highest BCUT2D eigenvalue weighted by Crippen LogP contribution is 2.20. The number of carbonyl (C=O) groups is 1. The van der Waals surface area contributed by atoms with Crippen LogP contribution in [-0.4, -0.2) is 18.1 Å². The lowest BCUT2D eigenvalue weighted by Crippen LogP contribution is -2.30. The van der Waals surface area contributed by atoms with Crippen LogP contribution in [0.2, 0.25) is 0 Å². The molecular weight excluding hydrogens is 252 g/mol. The molecule has 0 aliphatic heterocycles. The first-order chi connectivity index (χ1) is 8.48. The minimum Gasteiger partial charge on any atom is -0.455 e. The average molecular weight is 264 g/mol. The zero-order valence-corrected chi connectivity index (χ0v) is 10.9. The molecule has 0 unspecified atom stereocenters. The fourth-order valence-corrected chi connectivity index (χ4v) is 1.99. The van der Waals surface area contributed by atoms with E-state index in [1.54, 1.807) is 25.3 Å². The number of nitrogens with zero attached hydrogens (tertiary/aromatic N) is 4. The van der Waals surface area contributed by atoms with Gasteiger partial charge in [0.05, 0.1) is 19.0 Å². The maximum Gasteiger partial charge on any atom is 0.348 e. The van der Waals surface area contributed by atoms with Gasteiger partial charge in [-0.25, -0.2) is 4.79 Å². The SMILES string of the molecule is CC(C)(CN=[N+]=[N-])OC(=O)c1cc(CC#N)cs1. The Kier molecular flexibility index (Phi) is 4.72. The van der Waals surface area contributed by atoms with Crippen molar-refractivity contribution < 1.29 is 9.53 Å². The van der Waals surface area contributed by atoms with Crippen molar-refractivity contribution in [3.8, 4) is 6.07 Å². The monoisotopic (exact) mass is 264 g/mol. The molecule has 7 heteroatoms. The second kappa shape index (κ2) is 6.05. The Hall–Kier alpha value is -2.03. The maximum atomic E-state index is 11.8. The van der Waals surface area contributed by atoms with E-state index in [0.717, 1.165) is 5.56 Å². The molecule has 0 aliphatic carbocycles. The van der Waals surface area contributed by atoms with E-state index in [0.29, 0.717) is 4.88 Å². The Morgan fingerprint density at radius 2 is 2.44 bits per heavy atom. The predicted molar refractivity (Wildman–Crippen MR) is 67.1 cm³/mol. The van der Waals surface area contributed by atoms with Gasteiger partial charge in [0.25, 0.3) is 0 Å². The van der Waals surface area contributed by atoms with Gasteiger partial charge in [-0.1, -0.05) is 5.11 Å². The van der Waals surface area contributed by atoms with Crippen molar-refractivity contribution in [1.29, 1.82) is 5.26 Å². The highest BCUT2D eigenvalue weighted by Gasteiger charge is 2.23. The minimum absolute atomic E-state index is 0.0751. The number of hydrogen-bond donors (Lipinski definition) is 0. The summed E-state index contributed by atoms with van der Waals surface area (Å²) in [6.45, 7) is 3.42. The summed E-state index contributed by atoms with van der Waals surface area (Å²) in [5, 5.41) is 13.7. The van der Waals surface area contributed by atoms with Crippen LogP contribution < -0.4 is 0 Å². The number of carbonyl (C=O) groups excluding carboxylic acids is 1. The molecule has 6 nitrogen and oxygen atoms in total. The summed E-state index contributed by atoms with van der Waals surface area (Å²) in [7, 11) is 0. The Morgan fingerprint density at radius 1 is 1.72 bits per heavy atom. The van der Waals surface area contributed by atoms with E-state index in [-0.39, 0.29) is 13.0 Å². The van der Waals surface area contributed by atoms with Gasteiger partial charge in [0.15, 0.2) is 0 Å². The van der Waals surface area contributed by atoms with Crippen molar-refractivity contribution in [2.45, 2.75) is 25.9 Å². The highest BCUT2D eigenvalue weighted by atomic mass is 32.1. The van der Waals surface area contributed by atoms with Crippen molar-refractivity contribution in [3.63, 3.8) is 0 Å². The van der Waals surface area contributed by atoms with Crippen LogP contribution in [0.25, 0.3) is 10.4 Å². The second-order valence-electron chi connectivity index (χ2n) is 4.19. The van der Waals surface area contributed by atoms with Crippen molar-refractivity contribution in [2.75, 3.05) is 6.54 Å². The molecule has 1 aromatic rings. The molecule has 94 valence electrons. The Bertz CT molecular complexity index is 523. The van der Waals surface area contributed by atoms with Crippen LogP contribution in [0.15, 0.2) is 16.6 Å². The van der Waals surface area contributed by atoms with Crippen molar-refractivity contribution in [1.82, 2.24) is 0 Å². The molecule has 0 saturated carbocycles. The van der Waals surface area contributed by atoms with Crippen LogP contribution in [0.1, 0.15) is 29.1 Å². The van der Waals surface area contributed by atoms with Crippen LogP contribution in [0.3, 0.4) is 0 Å². The van der Waals surface area contributed by atoms with E-state index in [2.05, 4.69) is 10.0 Å². The van der Waals surface area contributed by atoms with Crippen LogP contribution in [-0.2, 0) is 11.2 Å². The lowest BCUT2D eigenvalue weighted by atomic mass is 10.1. The van der Waals surface area contributed by atoms with Crippen LogP contribution >= 0.6 is 11.3 Å². The summed E-state index contributed by atoms with van der Waals surface area (Å²) in [4.78, 5) is 14.9. The van der Waals surface area contributed by atoms with E-state index in [9.17, 15) is 4.79 Å². The van der Waals surface area contributed by atoms with Gasteiger partial charge in [-0.15, -0.1) is 11.3 Å².